The van der Waals surface area contributed by atoms with Crippen molar-refractivity contribution in [3.8, 4) is 5.75 Å². The molecule has 0 saturated heterocycles. The number of hydrogen-bond donors (Lipinski definition) is 1. The molecular weight excluding hydrogens is 162 g/mol. The Morgan fingerprint density at radius 2 is 1.77 bits per heavy atom. The first-order chi connectivity index (χ1) is 6.47. The first-order valence-electron chi connectivity index (χ1n) is 4.92. The maximum atomic E-state index is 5.19. The lowest BCUT2D eigenvalue weighted by atomic mass is 10.3. The second-order valence-electron chi connectivity index (χ2n) is 1.96. The van der Waals surface area contributed by atoms with E-state index in [1.54, 1.807) is 0 Å². The summed E-state index contributed by atoms with van der Waals surface area (Å²) in [5.74, 6) is 0.956. The van der Waals surface area contributed by atoms with Gasteiger partial charge in [0.25, 0.3) is 0 Å². The van der Waals surface area contributed by atoms with E-state index in [1.807, 2.05) is 52.0 Å². The average molecular weight is 183 g/mol. The third-order valence-electron chi connectivity index (χ3n) is 1.38. The van der Waals surface area contributed by atoms with E-state index < -0.39 is 0 Å². The minimum atomic E-state index is 0. The van der Waals surface area contributed by atoms with Gasteiger partial charge in [-0.2, -0.15) is 0 Å². The number of rotatable bonds is 0. The van der Waals surface area contributed by atoms with E-state index in [1.165, 1.54) is 0 Å². The summed E-state index contributed by atoms with van der Waals surface area (Å²) in [7, 11) is 0. The van der Waals surface area contributed by atoms with Gasteiger partial charge >= 0.3 is 0 Å². The highest BCUT2D eigenvalue weighted by Crippen LogP contribution is 2.27. The van der Waals surface area contributed by atoms with Crippen molar-refractivity contribution in [1.82, 2.24) is 0 Å². The van der Waals surface area contributed by atoms with Gasteiger partial charge in [0, 0.05) is 1.43 Å². The summed E-state index contributed by atoms with van der Waals surface area (Å²) < 4.78 is 5.19. The Morgan fingerprint density at radius 3 is 2.38 bits per heavy atom. The Labute approximate surface area is 82.4 Å². The molecule has 0 aromatic heterocycles. The molecule has 13 heavy (non-hydrogen) atoms. The molecule has 0 atom stereocenters. The van der Waals surface area contributed by atoms with Crippen LogP contribution in [0, 0.1) is 0 Å². The van der Waals surface area contributed by atoms with Gasteiger partial charge in [-0.1, -0.05) is 39.8 Å². The molecule has 1 aliphatic rings. The fraction of sp³-hybridized carbons (Fsp3) is 0.455. The molecular formula is C11H21NO. The number of anilines is 1. The van der Waals surface area contributed by atoms with Crippen LogP contribution in [-0.4, -0.2) is 6.73 Å². The second-order valence-corrected chi connectivity index (χ2v) is 1.96. The van der Waals surface area contributed by atoms with Gasteiger partial charge in [-0.25, -0.2) is 0 Å². The largest absolute Gasteiger partial charge is 0.471 e. The van der Waals surface area contributed by atoms with Crippen molar-refractivity contribution >= 4 is 5.69 Å². The smallest absolute Gasteiger partial charge is 0.159 e. The lowest BCUT2D eigenvalue weighted by molar-refractivity contribution is 0.372. The van der Waals surface area contributed by atoms with Crippen molar-refractivity contribution in [2.24, 2.45) is 0 Å². The zero-order valence-corrected chi connectivity index (χ0v) is 8.92. The van der Waals surface area contributed by atoms with Crippen molar-refractivity contribution < 1.29 is 6.16 Å². The maximum absolute atomic E-state index is 5.19. The van der Waals surface area contributed by atoms with Crippen LogP contribution in [0.15, 0.2) is 24.3 Å². The molecule has 0 unspecified atom stereocenters. The summed E-state index contributed by atoms with van der Waals surface area (Å²) in [4.78, 5) is 0. The minimum Gasteiger partial charge on any atom is -0.471 e. The van der Waals surface area contributed by atoms with Crippen LogP contribution in [0.1, 0.15) is 29.1 Å². The number of fused-ring (bicyclic) bond motifs is 1. The molecule has 0 aliphatic carbocycles. The van der Waals surface area contributed by atoms with Crippen molar-refractivity contribution in [1.29, 1.82) is 0 Å². The summed E-state index contributed by atoms with van der Waals surface area (Å²) in [5, 5.41) is 3.08. The molecule has 0 spiro atoms. The van der Waals surface area contributed by atoms with Crippen LogP contribution >= 0.6 is 0 Å². The van der Waals surface area contributed by atoms with Gasteiger partial charge in [-0.3, -0.25) is 0 Å². The molecule has 1 aromatic rings. The molecule has 2 heteroatoms. The molecule has 0 radical (unpaired) electrons. The molecule has 1 aliphatic heterocycles. The quantitative estimate of drug-likeness (QED) is 0.661. The monoisotopic (exact) mass is 183 g/mol. The summed E-state index contributed by atoms with van der Waals surface area (Å²) in [6, 6.07) is 7.91. The zero-order chi connectivity index (χ0) is 10.1. The van der Waals surface area contributed by atoms with E-state index >= 15 is 0 Å². The highest BCUT2D eigenvalue weighted by molar-refractivity contribution is 5.58. The lowest BCUT2D eigenvalue weighted by Gasteiger charge is -1.91. The molecule has 1 heterocycles. The van der Waals surface area contributed by atoms with Crippen molar-refractivity contribution in [3.63, 3.8) is 0 Å². The van der Waals surface area contributed by atoms with Crippen LogP contribution < -0.4 is 10.1 Å². The molecule has 0 saturated carbocycles. The van der Waals surface area contributed by atoms with Crippen LogP contribution in [-0.2, 0) is 0 Å². The highest BCUT2D eigenvalue weighted by atomic mass is 16.5. The summed E-state index contributed by atoms with van der Waals surface area (Å²) >= 11 is 0. The van der Waals surface area contributed by atoms with E-state index in [9.17, 15) is 0 Å². The predicted molar refractivity (Wildman–Crippen MR) is 60.4 cm³/mol. The highest BCUT2D eigenvalue weighted by Gasteiger charge is 2.06. The summed E-state index contributed by atoms with van der Waals surface area (Å²) in [6.07, 6.45) is 0. The first-order valence-corrected chi connectivity index (χ1v) is 4.92. The van der Waals surface area contributed by atoms with Crippen LogP contribution in [0.2, 0.25) is 0 Å². The third kappa shape index (κ3) is 3.36. The van der Waals surface area contributed by atoms with Crippen molar-refractivity contribution in [2.75, 3.05) is 12.0 Å². The molecule has 0 fully saturated rings. The second kappa shape index (κ2) is 7.47. The van der Waals surface area contributed by atoms with E-state index in [0.717, 1.165) is 11.4 Å². The Morgan fingerprint density at radius 1 is 1.15 bits per heavy atom. The number of para-hydroxylation sites is 2. The fourth-order valence-corrected chi connectivity index (χ4v) is 0.930. The molecule has 76 valence electrons. The average Bonchev–Trinajstić information content (AvgIpc) is 2.71. The molecule has 2 rings (SSSR count). The van der Waals surface area contributed by atoms with Gasteiger partial charge in [-0.05, 0) is 12.1 Å². The molecule has 0 bridgehead atoms. The van der Waals surface area contributed by atoms with Crippen molar-refractivity contribution in [3.05, 3.63) is 24.3 Å². The lowest BCUT2D eigenvalue weighted by Crippen LogP contribution is -1.96. The minimum absolute atomic E-state index is 0. The Bertz CT molecular complexity index is 205. The third-order valence-corrected chi connectivity index (χ3v) is 1.38. The molecule has 0 amide bonds. The van der Waals surface area contributed by atoms with Crippen LogP contribution in [0.25, 0.3) is 0 Å². The normalized spacial score (nSPS) is 10.5. The van der Waals surface area contributed by atoms with E-state index in [0.29, 0.717) is 6.73 Å². The van der Waals surface area contributed by atoms with Crippen LogP contribution in [0.3, 0.4) is 0 Å². The van der Waals surface area contributed by atoms with Gasteiger partial charge in [0.1, 0.15) is 5.75 Å². The topological polar surface area (TPSA) is 21.3 Å². The maximum Gasteiger partial charge on any atom is 0.159 e. The standard InChI is InChI=1S/C7H7NO.2C2H6.H2/c1-2-4-7-6(3-1)8-5-9-7;2*1-2;/h1-4,8H,5H2;2*1-2H3;1H. The predicted octanol–water partition coefficient (Wildman–Crippen LogP) is 3.75. The summed E-state index contributed by atoms with van der Waals surface area (Å²) in [5.41, 5.74) is 1.09. The number of hydrogen-bond acceptors (Lipinski definition) is 2. The summed E-state index contributed by atoms with van der Waals surface area (Å²) in [6.45, 7) is 8.61. The van der Waals surface area contributed by atoms with E-state index in [4.69, 9.17) is 4.74 Å². The number of nitrogens with one attached hydrogen (secondary N) is 1. The molecule has 1 aromatic carbocycles. The van der Waals surface area contributed by atoms with Crippen molar-refractivity contribution in [2.45, 2.75) is 27.7 Å². The number of ether oxygens (including phenoxy) is 1. The van der Waals surface area contributed by atoms with Gasteiger partial charge in [0.2, 0.25) is 0 Å². The van der Waals surface area contributed by atoms with Crippen LogP contribution in [0.5, 0.6) is 5.75 Å². The fourth-order valence-electron chi connectivity index (χ4n) is 0.930. The molecule has 2 nitrogen and oxygen atoms in total. The van der Waals surface area contributed by atoms with Crippen LogP contribution in [0.4, 0.5) is 5.69 Å². The SMILES string of the molecule is CC.CC.[HH].c1ccc2c(c1)NCO2. The molecule has 1 N–H and O–H groups in total. The van der Waals surface area contributed by atoms with Gasteiger partial charge in [0.15, 0.2) is 6.73 Å². The van der Waals surface area contributed by atoms with Gasteiger partial charge < -0.3 is 10.1 Å². The number of benzene rings is 1. The first kappa shape index (κ1) is 11.8. The van der Waals surface area contributed by atoms with Gasteiger partial charge in [0.05, 0.1) is 5.69 Å². The van der Waals surface area contributed by atoms with Gasteiger partial charge in [-0.15, -0.1) is 0 Å². The Balaban J connectivity index is 0. The zero-order valence-electron chi connectivity index (χ0n) is 8.92. The van der Waals surface area contributed by atoms with E-state index in [-0.39, 0.29) is 1.43 Å². The Kier molecular flexibility index (Phi) is 6.79. The Hall–Kier alpha value is -1.18. The van der Waals surface area contributed by atoms with E-state index in [2.05, 4.69) is 5.32 Å².